The number of nitrogens with one attached hydrogen (secondary N) is 1. The van der Waals surface area contributed by atoms with Gasteiger partial charge < -0.3 is 10.2 Å². The Kier molecular flexibility index (Phi) is 5.01. The lowest BCUT2D eigenvalue weighted by atomic mass is 9.95. The van der Waals surface area contributed by atoms with Crippen molar-refractivity contribution in [2.45, 2.75) is 40.2 Å². The van der Waals surface area contributed by atoms with Crippen molar-refractivity contribution in [2.75, 3.05) is 24.5 Å². The van der Waals surface area contributed by atoms with Gasteiger partial charge >= 0.3 is 0 Å². The third-order valence-electron chi connectivity index (χ3n) is 3.71. The van der Waals surface area contributed by atoms with E-state index in [9.17, 15) is 0 Å². The Morgan fingerprint density at radius 3 is 3.06 bits per heavy atom. The molecule has 1 aliphatic rings. The van der Waals surface area contributed by atoms with Crippen molar-refractivity contribution in [3.8, 4) is 0 Å². The average Bonchev–Trinajstić information content (AvgIpc) is 2.97. The van der Waals surface area contributed by atoms with Crippen LogP contribution in [0.3, 0.4) is 0 Å². The van der Waals surface area contributed by atoms with E-state index in [0.717, 1.165) is 24.9 Å². The van der Waals surface area contributed by atoms with Gasteiger partial charge in [0, 0.05) is 25.0 Å². The normalized spacial score (nSPS) is 20.0. The van der Waals surface area contributed by atoms with Crippen LogP contribution in [-0.4, -0.2) is 24.6 Å². The van der Waals surface area contributed by atoms with Gasteiger partial charge in [0.25, 0.3) is 0 Å². The highest BCUT2D eigenvalue weighted by Gasteiger charge is 2.26. The van der Waals surface area contributed by atoms with Crippen LogP contribution in [0, 0.1) is 11.8 Å². The van der Waals surface area contributed by atoms with Crippen molar-refractivity contribution in [1.82, 2.24) is 10.3 Å². The van der Waals surface area contributed by atoms with Gasteiger partial charge in [0.05, 0.1) is 5.69 Å². The largest absolute Gasteiger partial charge is 0.348 e. The van der Waals surface area contributed by atoms with Crippen LogP contribution in [0.5, 0.6) is 0 Å². The van der Waals surface area contributed by atoms with Gasteiger partial charge in [0.1, 0.15) is 0 Å². The summed E-state index contributed by atoms with van der Waals surface area (Å²) in [6.07, 6.45) is 2.50. The number of rotatable bonds is 6. The summed E-state index contributed by atoms with van der Waals surface area (Å²) >= 11 is 1.79. The predicted octanol–water partition coefficient (Wildman–Crippen LogP) is 3.13. The zero-order valence-electron chi connectivity index (χ0n) is 11.8. The van der Waals surface area contributed by atoms with E-state index in [0.29, 0.717) is 0 Å². The molecule has 0 aromatic carbocycles. The van der Waals surface area contributed by atoms with Crippen LogP contribution in [0.2, 0.25) is 0 Å². The first-order valence-corrected chi connectivity index (χ1v) is 7.98. The molecule has 1 atom stereocenters. The van der Waals surface area contributed by atoms with Gasteiger partial charge in [-0.25, -0.2) is 4.98 Å². The lowest BCUT2D eigenvalue weighted by molar-refractivity contribution is 0.422. The summed E-state index contributed by atoms with van der Waals surface area (Å²) in [5.41, 5.74) is 1.19. The Hall–Kier alpha value is -0.610. The fraction of sp³-hybridized carbons (Fsp3) is 0.786. The zero-order valence-corrected chi connectivity index (χ0v) is 12.6. The van der Waals surface area contributed by atoms with Crippen LogP contribution in [0.1, 0.15) is 39.3 Å². The van der Waals surface area contributed by atoms with Crippen LogP contribution >= 0.6 is 11.3 Å². The van der Waals surface area contributed by atoms with Crippen molar-refractivity contribution in [1.29, 1.82) is 0 Å². The molecule has 0 bridgehead atoms. The molecule has 1 unspecified atom stereocenters. The second kappa shape index (κ2) is 6.53. The molecule has 1 aromatic heterocycles. The summed E-state index contributed by atoms with van der Waals surface area (Å²) in [5.74, 6) is 1.64. The molecular weight excluding hydrogens is 242 g/mol. The van der Waals surface area contributed by atoms with E-state index in [-0.39, 0.29) is 0 Å². The SMILES string of the molecule is CCCNCc1csc(N2CCC(C(C)C)C2)n1. The molecule has 0 amide bonds. The molecule has 1 N–H and O–H groups in total. The molecule has 1 aromatic rings. The van der Waals surface area contributed by atoms with Crippen molar-refractivity contribution in [2.24, 2.45) is 11.8 Å². The molecule has 102 valence electrons. The molecule has 1 aliphatic heterocycles. The van der Waals surface area contributed by atoms with Crippen molar-refractivity contribution < 1.29 is 0 Å². The first-order chi connectivity index (χ1) is 8.70. The van der Waals surface area contributed by atoms with Gasteiger partial charge in [0.15, 0.2) is 5.13 Å². The van der Waals surface area contributed by atoms with E-state index in [1.54, 1.807) is 11.3 Å². The number of hydrogen-bond acceptors (Lipinski definition) is 4. The first-order valence-electron chi connectivity index (χ1n) is 7.10. The van der Waals surface area contributed by atoms with E-state index >= 15 is 0 Å². The van der Waals surface area contributed by atoms with Gasteiger partial charge in [-0.15, -0.1) is 11.3 Å². The smallest absolute Gasteiger partial charge is 0.185 e. The standard InChI is InChI=1S/C14H25N3S/c1-4-6-15-8-13-10-18-14(16-13)17-7-5-12(9-17)11(2)3/h10-12,15H,4-9H2,1-3H3. The molecule has 0 spiro atoms. The Bertz CT molecular complexity index is 362. The maximum atomic E-state index is 4.74. The highest BCUT2D eigenvalue weighted by Crippen LogP contribution is 2.30. The predicted molar refractivity (Wildman–Crippen MR) is 79.3 cm³/mol. The average molecular weight is 267 g/mol. The lowest BCUT2D eigenvalue weighted by Gasteiger charge is -2.16. The third-order valence-corrected chi connectivity index (χ3v) is 4.66. The molecule has 4 heteroatoms. The van der Waals surface area contributed by atoms with Gasteiger partial charge in [-0.1, -0.05) is 20.8 Å². The number of thiazole rings is 1. The lowest BCUT2D eigenvalue weighted by Crippen LogP contribution is -2.21. The monoisotopic (exact) mass is 267 g/mol. The Morgan fingerprint density at radius 2 is 2.39 bits per heavy atom. The van der Waals surface area contributed by atoms with Crippen molar-refractivity contribution in [3.63, 3.8) is 0 Å². The van der Waals surface area contributed by atoms with Gasteiger partial charge in [0.2, 0.25) is 0 Å². The Balaban J connectivity index is 1.86. The fourth-order valence-corrected chi connectivity index (χ4v) is 3.28. The number of hydrogen-bond donors (Lipinski definition) is 1. The highest BCUT2D eigenvalue weighted by atomic mass is 32.1. The molecule has 2 rings (SSSR count). The summed E-state index contributed by atoms with van der Waals surface area (Å²) in [5, 5.41) is 6.82. The summed E-state index contributed by atoms with van der Waals surface area (Å²) in [7, 11) is 0. The molecule has 2 heterocycles. The number of anilines is 1. The van der Waals surface area contributed by atoms with Gasteiger partial charge in [-0.2, -0.15) is 0 Å². The van der Waals surface area contributed by atoms with Crippen molar-refractivity contribution in [3.05, 3.63) is 11.1 Å². The van der Waals surface area contributed by atoms with Crippen molar-refractivity contribution >= 4 is 16.5 Å². The van der Waals surface area contributed by atoms with E-state index in [4.69, 9.17) is 4.98 Å². The molecule has 18 heavy (non-hydrogen) atoms. The second-order valence-electron chi connectivity index (χ2n) is 5.54. The summed E-state index contributed by atoms with van der Waals surface area (Å²) in [6.45, 7) is 11.2. The Morgan fingerprint density at radius 1 is 1.56 bits per heavy atom. The van der Waals surface area contributed by atoms with Crippen LogP contribution < -0.4 is 10.2 Å². The number of nitrogens with zero attached hydrogens (tertiary/aromatic N) is 2. The van der Waals surface area contributed by atoms with Crippen LogP contribution in [0.15, 0.2) is 5.38 Å². The maximum absolute atomic E-state index is 4.74. The van der Waals surface area contributed by atoms with Gasteiger partial charge in [-0.3, -0.25) is 0 Å². The van der Waals surface area contributed by atoms with E-state index in [2.05, 4.69) is 36.4 Å². The second-order valence-corrected chi connectivity index (χ2v) is 6.37. The van der Waals surface area contributed by atoms with E-state index < -0.39 is 0 Å². The quantitative estimate of drug-likeness (QED) is 0.803. The summed E-state index contributed by atoms with van der Waals surface area (Å²) in [6, 6.07) is 0. The van der Waals surface area contributed by atoms with E-state index in [1.807, 2.05) is 0 Å². The summed E-state index contributed by atoms with van der Waals surface area (Å²) in [4.78, 5) is 7.20. The van der Waals surface area contributed by atoms with E-state index in [1.165, 1.54) is 36.8 Å². The summed E-state index contributed by atoms with van der Waals surface area (Å²) < 4.78 is 0. The Labute approximate surface area is 115 Å². The highest BCUT2D eigenvalue weighted by molar-refractivity contribution is 7.13. The molecule has 1 fully saturated rings. The molecule has 1 saturated heterocycles. The van der Waals surface area contributed by atoms with Crippen LogP contribution in [0.4, 0.5) is 5.13 Å². The number of aromatic nitrogens is 1. The topological polar surface area (TPSA) is 28.2 Å². The van der Waals surface area contributed by atoms with Crippen LogP contribution in [-0.2, 0) is 6.54 Å². The first kappa shape index (κ1) is 13.8. The minimum Gasteiger partial charge on any atom is -0.348 e. The third kappa shape index (κ3) is 3.45. The molecular formula is C14H25N3S. The molecule has 0 saturated carbocycles. The maximum Gasteiger partial charge on any atom is 0.185 e. The minimum atomic E-state index is 0.792. The molecule has 3 nitrogen and oxygen atoms in total. The minimum absolute atomic E-state index is 0.792. The zero-order chi connectivity index (χ0) is 13.0. The molecule has 0 aliphatic carbocycles. The van der Waals surface area contributed by atoms with Crippen LogP contribution in [0.25, 0.3) is 0 Å². The molecule has 0 radical (unpaired) electrons. The van der Waals surface area contributed by atoms with Gasteiger partial charge in [-0.05, 0) is 31.2 Å². The fourth-order valence-electron chi connectivity index (χ4n) is 2.42.